The first-order valence-corrected chi connectivity index (χ1v) is 14.9. The number of aliphatic carboxylic acids is 1. The molecule has 11 heteroatoms. The third-order valence-electron chi connectivity index (χ3n) is 7.62. The minimum atomic E-state index is -4.19. The van der Waals surface area contributed by atoms with E-state index in [1.165, 1.54) is 0 Å². The average Bonchev–Trinajstić information content (AvgIpc) is 2.93. The van der Waals surface area contributed by atoms with Gasteiger partial charge in [-0.25, -0.2) is 18.4 Å². The van der Waals surface area contributed by atoms with E-state index in [4.69, 9.17) is 0 Å². The maximum Gasteiger partial charge on any atom is 0.322 e. The van der Waals surface area contributed by atoms with Crippen molar-refractivity contribution in [3.63, 3.8) is 0 Å². The van der Waals surface area contributed by atoms with E-state index in [1.807, 2.05) is 45.0 Å². The highest BCUT2D eigenvalue weighted by atomic mass is 32.2. The van der Waals surface area contributed by atoms with Gasteiger partial charge in [0.15, 0.2) is 0 Å². The van der Waals surface area contributed by atoms with Gasteiger partial charge in [-0.2, -0.15) is 4.72 Å². The molecule has 0 amide bonds. The molecule has 0 bridgehead atoms. The zero-order valence-electron chi connectivity index (χ0n) is 23.8. The van der Waals surface area contributed by atoms with Crippen LogP contribution in [-0.4, -0.2) is 47.0 Å². The second kappa shape index (κ2) is 12.2. The van der Waals surface area contributed by atoms with E-state index in [1.54, 1.807) is 32.2 Å². The summed E-state index contributed by atoms with van der Waals surface area (Å²) in [4.78, 5) is 36.4. The summed E-state index contributed by atoms with van der Waals surface area (Å²) in [6.07, 6.45) is 2.95. The Hall–Kier alpha value is -4.09. The van der Waals surface area contributed by atoms with Crippen LogP contribution < -0.4 is 15.6 Å². The number of carboxylic acids is 1. The first kappa shape index (κ1) is 29.9. The van der Waals surface area contributed by atoms with E-state index in [0.717, 1.165) is 47.5 Å². The normalized spacial score (nSPS) is 12.4. The van der Waals surface area contributed by atoms with Gasteiger partial charge in [-0.1, -0.05) is 12.1 Å². The van der Waals surface area contributed by atoms with Crippen molar-refractivity contribution in [3.8, 4) is 0 Å². The molecule has 10 nitrogen and oxygen atoms in total. The Balaban J connectivity index is 1.51. The quantitative estimate of drug-likeness (QED) is 0.196. The smallest absolute Gasteiger partial charge is 0.322 e. The van der Waals surface area contributed by atoms with Crippen molar-refractivity contribution >= 4 is 32.7 Å². The van der Waals surface area contributed by atoms with E-state index < -0.39 is 27.6 Å². The van der Waals surface area contributed by atoms with Crippen molar-refractivity contribution < 1.29 is 18.3 Å². The highest BCUT2D eigenvalue weighted by Gasteiger charge is 2.30. The molecule has 1 atom stereocenters. The SMILES string of the molecule is Cc1c(C)c(C)c(S(=O)(=O)N[C@@H](Cc2nc3ccc(CCCNc4ccccn4)cc3c(=O)[nH]2)C(=O)O)c(C)c1C. The molecule has 41 heavy (non-hydrogen) atoms. The average molecular weight is 578 g/mol. The predicted octanol–water partition coefficient (Wildman–Crippen LogP) is 3.88. The van der Waals surface area contributed by atoms with Crippen molar-refractivity contribution in [1.29, 1.82) is 0 Å². The molecule has 0 aliphatic heterocycles. The number of sulfonamides is 1. The summed E-state index contributed by atoms with van der Waals surface area (Å²) in [6, 6.07) is 9.50. The third kappa shape index (κ3) is 6.63. The fraction of sp³-hybridized carbons (Fsp3) is 0.333. The van der Waals surface area contributed by atoms with Gasteiger partial charge in [-0.3, -0.25) is 9.59 Å². The zero-order chi connectivity index (χ0) is 29.9. The van der Waals surface area contributed by atoms with Gasteiger partial charge < -0.3 is 15.4 Å². The molecule has 0 saturated carbocycles. The zero-order valence-corrected chi connectivity index (χ0v) is 24.6. The molecular weight excluding hydrogens is 542 g/mol. The van der Waals surface area contributed by atoms with E-state index in [9.17, 15) is 23.1 Å². The maximum atomic E-state index is 13.4. The van der Waals surface area contributed by atoms with Crippen LogP contribution in [0.15, 0.2) is 52.3 Å². The molecular formula is C30H35N5O5S. The van der Waals surface area contributed by atoms with Gasteiger partial charge in [0, 0.05) is 19.2 Å². The molecule has 2 aromatic heterocycles. The molecule has 0 saturated heterocycles. The number of carboxylic acid groups (broad SMARTS) is 1. The highest BCUT2D eigenvalue weighted by Crippen LogP contribution is 2.29. The molecule has 0 fully saturated rings. The first-order valence-electron chi connectivity index (χ1n) is 13.4. The van der Waals surface area contributed by atoms with Crippen LogP contribution in [0.3, 0.4) is 0 Å². The van der Waals surface area contributed by atoms with Crippen molar-refractivity contribution in [2.24, 2.45) is 0 Å². The number of aromatic amines is 1. The van der Waals surface area contributed by atoms with Gasteiger partial charge in [0.25, 0.3) is 5.56 Å². The van der Waals surface area contributed by atoms with Crippen molar-refractivity contribution in [2.75, 3.05) is 11.9 Å². The lowest BCUT2D eigenvalue weighted by Gasteiger charge is -2.21. The van der Waals surface area contributed by atoms with E-state index in [-0.39, 0.29) is 17.1 Å². The highest BCUT2D eigenvalue weighted by molar-refractivity contribution is 7.89. The Morgan fingerprint density at radius 3 is 2.32 bits per heavy atom. The Morgan fingerprint density at radius 1 is 1.00 bits per heavy atom. The molecule has 4 N–H and O–H groups in total. The number of anilines is 1. The molecule has 0 radical (unpaired) electrons. The van der Waals surface area contributed by atoms with Crippen LogP contribution in [0.25, 0.3) is 10.9 Å². The fourth-order valence-electron chi connectivity index (χ4n) is 4.95. The first-order chi connectivity index (χ1) is 19.4. The van der Waals surface area contributed by atoms with Crippen LogP contribution in [0.5, 0.6) is 0 Å². The minimum Gasteiger partial charge on any atom is -0.480 e. The number of benzene rings is 2. The summed E-state index contributed by atoms with van der Waals surface area (Å²) in [6.45, 7) is 9.77. The summed E-state index contributed by atoms with van der Waals surface area (Å²) in [5.74, 6) is -0.494. The van der Waals surface area contributed by atoms with Gasteiger partial charge in [0.1, 0.15) is 17.7 Å². The summed E-state index contributed by atoms with van der Waals surface area (Å²) in [5.41, 5.74) is 4.77. The molecule has 4 aromatic rings. The fourth-order valence-corrected chi connectivity index (χ4v) is 6.74. The Bertz CT molecular complexity index is 1740. The van der Waals surface area contributed by atoms with Gasteiger partial charge in [0.05, 0.1) is 15.8 Å². The number of rotatable bonds is 11. The van der Waals surface area contributed by atoms with E-state index >= 15 is 0 Å². The van der Waals surface area contributed by atoms with Gasteiger partial charge in [0.2, 0.25) is 10.0 Å². The molecule has 4 rings (SSSR count). The monoisotopic (exact) mass is 577 g/mol. The predicted molar refractivity (Wildman–Crippen MR) is 159 cm³/mol. The topological polar surface area (TPSA) is 154 Å². The minimum absolute atomic E-state index is 0.0760. The van der Waals surface area contributed by atoms with Gasteiger partial charge in [-0.15, -0.1) is 0 Å². The third-order valence-corrected chi connectivity index (χ3v) is 9.37. The lowest BCUT2D eigenvalue weighted by molar-refractivity contribution is -0.139. The number of hydrogen-bond acceptors (Lipinski definition) is 7. The number of nitrogens with one attached hydrogen (secondary N) is 3. The summed E-state index contributed by atoms with van der Waals surface area (Å²) in [5, 5.41) is 13.5. The summed E-state index contributed by atoms with van der Waals surface area (Å²) < 4.78 is 29.2. The summed E-state index contributed by atoms with van der Waals surface area (Å²) >= 11 is 0. The standard InChI is InChI=1S/C30H35N5O5S/c1-17-18(2)20(4)28(21(5)19(17)3)41(39,40)35-25(30(37)38)16-27-33-24-12-11-22(15-23(24)29(36)34-27)9-8-14-32-26-10-6-7-13-31-26/h6-7,10-13,15,25,35H,8-9,14,16H2,1-5H3,(H,31,32)(H,37,38)(H,33,34,36)/t25-/m0/s1. The largest absolute Gasteiger partial charge is 0.480 e. The number of aromatic nitrogens is 3. The lowest BCUT2D eigenvalue weighted by atomic mass is 9.95. The maximum absolute atomic E-state index is 13.4. The van der Waals surface area contributed by atoms with Crippen molar-refractivity contribution in [3.05, 3.63) is 92.2 Å². The molecule has 0 aliphatic rings. The molecule has 0 aliphatic carbocycles. The Morgan fingerprint density at radius 2 is 1.68 bits per heavy atom. The van der Waals surface area contributed by atoms with Crippen LogP contribution in [-0.2, 0) is 27.7 Å². The second-order valence-electron chi connectivity index (χ2n) is 10.3. The van der Waals surface area contributed by atoms with E-state index in [2.05, 4.69) is 25.0 Å². The number of fused-ring (bicyclic) bond motifs is 1. The van der Waals surface area contributed by atoms with Crippen LogP contribution in [0.1, 0.15) is 45.6 Å². The Labute approximate surface area is 239 Å². The second-order valence-corrected chi connectivity index (χ2v) is 11.9. The van der Waals surface area contributed by atoms with Crippen LogP contribution in [0.4, 0.5) is 5.82 Å². The van der Waals surface area contributed by atoms with Crippen LogP contribution in [0.2, 0.25) is 0 Å². The molecule has 0 unspecified atom stereocenters. The van der Waals surface area contributed by atoms with Crippen molar-refractivity contribution in [1.82, 2.24) is 19.7 Å². The number of nitrogens with zero attached hydrogens (tertiary/aromatic N) is 2. The summed E-state index contributed by atoms with van der Waals surface area (Å²) in [7, 11) is -4.19. The van der Waals surface area contributed by atoms with E-state index in [0.29, 0.717) is 22.0 Å². The van der Waals surface area contributed by atoms with Crippen molar-refractivity contribution in [2.45, 2.75) is 64.8 Å². The Kier molecular flexibility index (Phi) is 8.89. The molecule has 2 aromatic carbocycles. The van der Waals surface area contributed by atoms with Gasteiger partial charge in [-0.05, 0) is 105 Å². The molecule has 0 spiro atoms. The molecule has 2 heterocycles. The van der Waals surface area contributed by atoms with Crippen LogP contribution >= 0.6 is 0 Å². The van der Waals surface area contributed by atoms with Crippen LogP contribution in [0, 0.1) is 34.6 Å². The number of aryl methyl sites for hydroxylation is 1. The number of hydrogen-bond donors (Lipinski definition) is 4. The van der Waals surface area contributed by atoms with Gasteiger partial charge >= 0.3 is 5.97 Å². The lowest BCUT2D eigenvalue weighted by Crippen LogP contribution is -2.43. The number of carbonyl (C=O) groups is 1. The number of pyridine rings is 1. The molecule has 216 valence electrons. The number of H-pyrrole nitrogens is 1.